The molecule has 0 spiro atoms. The fourth-order valence-corrected chi connectivity index (χ4v) is 5.33. The smallest absolute Gasteiger partial charge is 0.407 e. The Bertz CT molecular complexity index is 892. The van der Waals surface area contributed by atoms with E-state index in [1.165, 1.54) is 4.90 Å². The minimum Gasteiger partial charge on any atom is -0.477 e. The standard InChI is InChI=1S/C25H35N3O6/c1-2-33-22(29)19-7-6-12-28(18-19)20-8-5-9-21(17-20)34-25(10-3-4-11-25)23(30)26-13-15-27(16-14-26)24(31)32/h5,8-9,17,19H,2-4,6-7,10-16,18H2,1H3,(H,31,32)/t19-/m1/s1. The van der Waals surface area contributed by atoms with Gasteiger partial charge in [0.15, 0.2) is 5.60 Å². The Morgan fingerprint density at radius 1 is 1.03 bits per heavy atom. The SMILES string of the molecule is CCOC(=O)[C@@H]1CCCN(c2cccc(OC3(C(=O)N4CCN(C(=O)O)CC4)CCCC3)c2)C1. The average Bonchev–Trinajstić information content (AvgIpc) is 3.33. The molecule has 0 radical (unpaired) electrons. The molecule has 1 atom stereocenters. The lowest BCUT2D eigenvalue weighted by molar-refractivity contribution is -0.149. The topological polar surface area (TPSA) is 99.6 Å². The van der Waals surface area contributed by atoms with Crippen LogP contribution in [0.4, 0.5) is 10.5 Å². The number of amides is 2. The lowest BCUT2D eigenvalue weighted by atomic mass is 9.97. The van der Waals surface area contributed by atoms with Gasteiger partial charge in [0.2, 0.25) is 0 Å². The van der Waals surface area contributed by atoms with Crippen molar-refractivity contribution in [2.24, 2.45) is 5.92 Å². The summed E-state index contributed by atoms with van der Waals surface area (Å²) in [6.07, 6.45) is 3.96. The predicted molar refractivity (Wildman–Crippen MR) is 126 cm³/mol. The largest absolute Gasteiger partial charge is 0.477 e. The van der Waals surface area contributed by atoms with Gasteiger partial charge < -0.3 is 29.3 Å². The van der Waals surface area contributed by atoms with Gasteiger partial charge in [0, 0.05) is 51.0 Å². The van der Waals surface area contributed by atoms with Crippen LogP contribution in [-0.2, 0) is 14.3 Å². The number of carbonyl (C=O) groups excluding carboxylic acids is 2. The number of hydrogen-bond acceptors (Lipinski definition) is 6. The number of piperidine rings is 1. The molecule has 0 bridgehead atoms. The maximum Gasteiger partial charge on any atom is 0.407 e. The van der Waals surface area contributed by atoms with Crippen LogP contribution < -0.4 is 9.64 Å². The average molecular weight is 474 g/mol. The number of anilines is 1. The van der Waals surface area contributed by atoms with E-state index in [9.17, 15) is 19.5 Å². The third-order valence-electron chi connectivity index (χ3n) is 7.18. The highest BCUT2D eigenvalue weighted by Gasteiger charge is 2.46. The molecule has 9 nitrogen and oxygen atoms in total. The Balaban J connectivity index is 1.45. The zero-order valence-electron chi connectivity index (χ0n) is 19.9. The molecule has 0 unspecified atom stereocenters. The number of carbonyl (C=O) groups is 3. The number of esters is 1. The fourth-order valence-electron chi connectivity index (χ4n) is 5.33. The van der Waals surface area contributed by atoms with Crippen LogP contribution in [0.1, 0.15) is 45.4 Å². The quantitative estimate of drug-likeness (QED) is 0.634. The summed E-state index contributed by atoms with van der Waals surface area (Å²) in [5.74, 6) is 0.333. The summed E-state index contributed by atoms with van der Waals surface area (Å²) in [6, 6.07) is 7.78. The van der Waals surface area contributed by atoms with Crippen molar-refractivity contribution < 1.29 is 29.0 Å². The minimum absolute atomic E-state index is 0.0409. The fraction of sp³-hybridized carbons (Fsp3) is 0.640. The first-order chi connectivity index (χ1) is 16.4. The molecular weight excluding hydrogens is 438 g/mol. The molecule has 1 aromatic rings. The third-order valence-corrected chi connectivity index (χ3v) is 7.18. The van der Waals surface area contributed by atoms with Crippen molar-refractivity contribution in [3.8, 4) is 5.75 Å². The summed E-state index contributed by atoms with van der Waals surface area (Å²) in [5.41, 5.74) is 0.0708. The molecule has 3 aliphatic rings. The Morgan fingerprint density at radius 2 is 1.74 bits per heavy atom. The van der Waals surface area contributed by atoms with Crippen LogP contribution in [-0.4, -0.2) is 84.4 Å². The Labute approximate surface area is 200 Å². The first-order valence-electron chi connectivity index (χ1n) is 12.4. The molecule has 9 heteroatoms. The highest BCUT2D eigenvalue weighted by Crippen LogP contribution is 2.37. The Hall–Kier alpha value is -2.97. The van der Waals surface area contributed by atoms with Gasteiger partial charge in [-0.3, -0.25) is 9.59 Å². The second kappa shape index (κ2) is 10.5. The monoisotopic (exact) mass is 473 g/mol. The van der Waals surface area contributed by atoms with Crippen molar-refractivity contribution >= 4 is 23.7 Å². The normalized spacial score (nSPS) is 22.4. The van der Waals surface area contributed by atoms with Crippen molar-refractivity contribution in [2.75, 3.05) is 50.8 Å². The first-order valence-corrected chi connectivity index (χ1v) is 12.4. The van der Waals surface area contributed by atoms with Crippen LogP contribution in [0.25, 0.3) is 0 Å². The summed E-state index contributed by atoms with van der Waals surface area (Å²) >= 11 is 0. The van der Waals surface area contributed by atoms with E-state index in [1.54, 1.807) is 4.90 Å². The van der Waals surface area contributed by atoms with Gasteiger partial charge in [-0.2, -0.15) is 0 Å². The molecule has 0 aromatic heterocycles. The van der Waals surface area contributed by atoms with Crippen LogP contribution in [0, 0.1) is 5.92 Å². The molecule has 1 aliphatic carbocycles. The lowest BCUT2D eigenvalue weighted by Gasteiger charge is -2.39. The first kappa shape index (κ1) is 24.2. The van der Waals surface area contributed by atoms with Crippen molar-refractivity contribution in [3.05, 3.63) is 24.3 Å². The molecule has 4 rings (SSSR count). The molecule has 2 saturated heterocycles. The van der Waals surface area contributed by atoms with E-state index in [0.717, 1.165) is 37.9 Å². The molecule has 1 aromatic carbocycles. The van der Waals surface area contributed by atoms with Crippen LogP contribution in [0.3, 0.4) is 0 Å². The summed E-state index contributed by atoms with van der Waals surface area (Å²) in [7, 11) is 0. The van der Waals surface area contributed by atoms with E-state index >= 15 is 0 Å². The maximum atomic E-state index is 13.5. The summed E-state index contributed by atoms with van der Waals surface area (Å²) < 4.78 is 11.7. The van der Waals surface area contributed by atoms with Gasteiger partial charge in [0.25, 0.3) is 5.91 Å². The molecule has 34 heavy (non-hydrogen) atoms. The highest BCUT2D eigenvalue weighted by atomic mass is 16.5. The number of carboxylic acid groups (broad SMARTS) is 1. The number of hydrogen-bond donors (Lipinski definition) is 1. The van der Waals surface area contributed by atoms with Crippen LogP contribution >= 0.6 is 0 Å². The number of benzene rings is 1. The van der Waals surface area contributed by atoms with Gasteiger partial charge in [0.05, 0.1) is 12.5 Å². The molecule has 1 N–H and O–H groups in total. The molecule has 1 saturated carbocycles. The zero-order chi connectivity index (χ0) is 24.1. The van der Waals surface area contributed by atoms with Crippen molar-refractivity contribution in [1.29, 1.82) is 0 Å². The van der Waals surface area contributed by atoms with Crippen molar-refractivity contribution in [2.45, 2.75) is 51.0 Å². The van der Waals surface area contributed by atoms with Gasteiger partial charge in [-0.15, -0.1) is 0 Å². The zero-order valence-corrected chi connectivity index (χ0v) is 19.9. The minimum atomic E-state index is -0.946. The maximum absolute atomic E-state index is 13.5. The number of piperazine rings is 1. The van der Waals surface area contributed by atoms with Crippen LogP contribution in [0.15, 0.2) is 24.3 Å². The summed E-state index contributed by atoms with van der Waals surface area (Å²) in [4.78, 5) is 42.3. The van der Waals surface area contributed by atoms with E-state index in [-0.39, 0.29) is 17.8 Å². The van der Waals surface area contributed by atoms with Gasteiger partial charge in [-0.05, 0) is 57.6 Å². The molecule has 3 fully saturated rings. The van der Waals surface area contributed by atoms with Crippen LogP contribution in [0.5, 0.6) is 5.75 Å². The van der Waals surface area contributed by atoms with E-state index in [0.29, 0.717) is 57.9 Å². The lowest BCUT2D eigenvalue weighted by Crippen LogP contribution is -2.57. The summed E-state index contributed by atoms with van der Waals surface area (Å²) in [6.45, 7) is 5.11. The summed E-state index contributed by atoms with van der Waals surface area (Å²) in [5, 5.41) is 9.20. The molecule has 186 valence electrons. The van der Waals surface area contributed by atoms with Gasteiger partial charge >= 0.3 is 12.1 Å². The third kappa shape index (κ3) is 5.23. The van der Waals surface area contributed by atoms with E-state index in [4.69, 9.17) is 9.47 Å². The van der Waals surface area contributed by atoms with Crippen molar-refractivity contribution in [1.82, 2.24) is 9.80 Å². The number of rotatable bonds is 6. The molecule has 2 amide bonds. The van der Waals surface area contributed by atoms with Crippen LogP contribution in [0.2, 0.25) is 0 Å². The second-order valence-electron chi connectivity index (χ2n) is 9.40. The van der Waals surface area contributed by atoms with E-state index < -0.39 is 11.7 Å². The molecular formula is C25H35N3O6. The molecule has 2 heterocycles. The van der Waals surface area contributed by atoms with Gasteiger partial charge in [0.1, 0.15) is 5.75 Å². The van der Waals surface area contributed by atoms with Crippen molar-refractivity contribution in [3.63, 3.8) is 0 Å². The second-order valence-corrected chi connectivity index (χ2v) is 9.40. The highest BCUT2D eigenvalue weighted by molar-refractivity contribution is 5.86. The molecule has 2 aliphatic heterocycles. The number of ether oxygens (including phenoxy) is 2. The number of nitrogens with zero attached hydrogens (tertiary/aromatic N) is 3. The van der Waals surface area contributed by atoms with Gasteiger partial charge in [-0.1, -0.05) is 6.07 Å². The van der Waals surface area contributed by atoms with E-state index in [2.05, 4.69) is 4.90 Å². The Kier molecular flexibility index (Phi) is 7.48. The van der Waals surface area contributed by atoms with E-state index in [1.807, 2.05) is 31.2 Å². The van der Waals surface area contributed by atoms with Gasteiger partial charge in [-0.25, -0.2) is 4.79 Å². The predicted octanol–water partition coefficient (Wildman–Crippen LogP) is 2.98. The Morgan fingerprint density at radius 3 is 2.41 bits per heavy atom.